The van der Waals surface area contributed by atoms with Crippen molar-refractivity contribution in [2.24, 2.45) is 5.92 Å². The maximum Gasteiger partial charge on any atom is 0.256 e. The van der Waals surface area contributed by atoms with Gasteiger partial charge in [0.1, 0.15) is 6.10 Å². The van der Waals surface area contributed by atoms with E-state index in [2.05, 4.69) is 5.32 Å². The topological polar surface area (TPSA) is 21.3 Å². The molecule has 0 unspecified atom stereocenters. The maximum atomic E-state index is 5.43. The first-order valence-corrected chi connectivity index (χ1v) is 4.21. The summed E-state index contributed by atoms with van der Waals surface area (Å²) in [5.41, 5.74) is 0. The van der Waals surface area contributed by atoms with Crippen molar-refractivity contribution in [2.75, 3.05) is 6.54 Å². The molecule has 1 aliphatic heterocycles. The van der Waals surface area contributed by atoms with Crippen LogP contribution in [0.15, 0.2) is 0 Å². The van der Waals surface area contributed by atoms with Crippen LogP contribution in [0, 0.1) is 5.92 Å². The molecule has 2 nitrogen and oxygen atoms in total. The van der Waals surface area contributed by atoms with Crippen LogP contribution < -0.4 is 5.32 Å². The second kappa shape index (κ2) is 2.38. The fraction of sp³-hybridized carbons (Fsp3) is 0.857. The monoisotopic (exact) mass is 157 g/mol. The van der Waals surface area contributed by atoms with Gasteiger partial charge < -0.3 is 10.1 Å². The third kappa shape index (κ3) is 0.985. The van der Waals surface area contributed by atoms with Crippen LogP contribution in [0.2, 0.25) is 0 Å². The van der Waals surface area contributed by atoms with E-state index >= 15 is 0 Å². The minimum absolute atomic E-state index is 0.439. The molecule has 0 amide bonds. The molecule has 0 aromatic rings. The summed E-state index contributed by atoms with van der Waals surface area (Å²) in [6, 6.07) is 0. The van der Waals surface area contributed by atoms with E-state index in [1.807, 2.05) is 0 Å². The molecule has 0 spiro atoms. The van der Waals surface area contributed by atoms with E-state index in [9.17, 15) is 0 Å². The number of hydrogen-bond donors (Lipinski definition) is 1. The fourth-order valence-electron chi connectivity index (χ4n) is 1.79. The normalized spacial score (nSPS) is 38.2. The molecular formula is C7H11NOS. The van der Waals surface area contributed by atoms with Gasteiger partial charge >= 0.3 is 0 Å². The molecule has 0 aromatic carbocycles. The molecule has 2 atom stereocenters. The Kier molecular flexibility index (Phi) is 1.52. The number of thiocarbonyl (C=S) groups is 1. The van der Waals surface area contributed by atoms with Gasteiger partial charge in [-0.2, -0.15) is 0 Å². The molecule has 1 saturated heterocycles. The minimum atomic E-state index is 0.439. The molecule has 1 heterocycles. The summed E-state index contributed by atoms with van der Waals surface area (Å²) in [5, 5.41) is 3.66. The third-order valence-electron chi connectivity index (χ3n) is 2.36. The fourth-order valence-corrected chi connectivity index (χ4v) is 1.99. The van der Waals surface area contributed by atoms with Crippen molar-refractivity contribution < 1.29 is 4.74 Å². The molecule has 56 valence electrons. The van der Waals surface area contributed by atoms with Crippen LogP contribution in [0.1, 0.15) is 19.3 Å². The minimum Gasteiger partial charge on any atom is -0.467 e. The van der Waals surface area contributed by atoms with E-state index < -0.39 is 0 Å². The highest BCUT2D eigenvalue weighted by molar-refractivity contribution is 7.80. The Bertz CT molecular complexity index is 160. The zero-order valence-corrected chi connectivity index (χ0v) is 6.62. The Hall–Kier alpha value is -0.310. The average Bonchev–Trinajstić information content (AvgIpc) is 2.33. The molecule has 1 aliphatic carbocycles. The van der Waals surface area contributed by atoms with Crippen molar-refractivity contribution in [3.8, 4) is 0 Å². The van der Waals surface area contributed by atoms with Crippen molar-refractivity contribution >= 4 is 17.4 Å². The first kappa shape index (κ1) is 6.40. The molecule has 0 radical (unpaired) electrons. The van der Waals surface area contributed by atoms with Gasteiger partial charge in [0.15, 0.2) is 0 Å². The molecule has 2 fully saturated rings. The lowest BCUT2D eigenvalue weighted by Gasteiger charge is -2.27. The first-order valence-electron chi connectivity index (χ1n) is 3.81. The second-order valence-corrected chi connectivity index (χ2v) is 3.39. The van der Waals surface area contributed by atoms with E-state index in [1.54, 1.807) is 0 Å². The van der Waals surface area contributed by atoms with Crippen molar-refractivity contribution in [3.63, 3.8) is 0 Å². The summed E-state index contributed by atoms with van der Waals surface area (Å²) < 4.78 is 5.43. The first-order chi connectivity index (χ1) is 4.86. The lowest BCUT2D eigenvalue weighted by Crippen LogP contribution is -2.42. The van der Waals surface area contributed by atoms with Gasteiger partial charge in [-0.3, -0.25) is 0 Å². The average molecular weight is 157 g/mol. The van der Waals surface area contributed by atoms with E-state index in [0.717, 1.165) is 12.5 Å². The summed E-state index contributed by atoms with van der Waals surface area (Å²) in [6.45, 7) is 1.03. The summed E-state index contributed by atoms with van der Waals surface area (Å²) in [4.78, 5) is 0. The predicted molar refractivity (Wildman–Crippen MR) is 42.8 cm³/mol. The van der Waals surface area contributed by atoms with Crippen molar-refractivity contribution in [1.29, 1.82) is 0 Å². The number of rotatable bonds is 0. The van der Waals surface area contributed by atoms with Gasteiger partial charge in [0.2, 0.25) is 0 Å². The van der Waals surface area contributed by atoms with Crippen LogP contribution >= 0.6 is 12.2 Å². The number of hydrogen-bond acceptors (Lipinski definition) is 2. The van der Waals surface area contributed by atoms with Crippen LogP contribution in [-0.4, -0.2) is 17.8 Å². The molecule has 1 saturated carbocycles. The quantitative estimate of drug-likeness (QED) is 0.531. The number of ether oxygens (including phenoxy) is 1. The Morgan fingerprint density at radius 3 is 3.30 bits per heavy atom. The Morgan fingerprint density at radius 2 is 2.40 bits per heavy atom. The van der Waals surface area contributed by atoms with Crippen molar-refractivity contribution in [1.82, 2.24) is 5.32 Å². The van der Waals surface area contributed by atoms with E-state index in [1.165, 1.54) is 19.3 Å². The van der Waals surface area contributed by atoms with Crippen LogP contribution in [0.4, 0.5) is 0 Å². The smallest absolute Gasteiger partial charge is 0.256 e. The summed E-state index contributed by atoms with van der Waals surface area (Å²) in [6.07, 6.45) is 4.25. The summed E-state index contributed by atoms with van der Waals surface area (Å²) in [5.74, 6) is 0.728. The predicted octanol–water partition coefficient (Wildman–Crippen LogP) is 1.06. The van der Waals surface area contributed by atoms with Gasteiger partial charge in [0.05, 0.1) is 0 Å². The highest BCUT2D eigenvalue weighted by Crippen LogP contribution is 2.29. The van der Waals surface area contributed by atoms with Gasteiger partial charge in [-0.05, 0) is 31.5 Å². The molecule has 10 heavy (non-hydrogen) atoms. The van der Waals surface area contributed by atoms with Gasteiger partial charge in [-0.15, -0.1) is 0 Å². The standard InChI is InChI=1S/C7H11NOS/c10-7-8-4-5-2-1-3-6(5)9-7/h5-6H,1-4H2,(H,8,10)/t5-,6-/m1/s1. The lowest BCUT2D eigenvalue weighted by atomic mass is 10.1. The number of nitrogens with one attached hydrogen (secondary N) is 1. The van der Waals surface area contributed by atoms with E-state index in [0.29, 0.717) is 11.3 Å². The van der Waals surface area contributed by atoms with E-state index in [-0.39, 0.29) is 0 Å². The highest BCUT2D eigenvalue weighted by atomic mass is 32.1. The lowest BCUT2D eigenvalue weighted by molar-refractivity contribution is 0.120. The summed E-state index contributed by atoms with van der Waals surface area (Å²) in [7, 11) is 0. The molecular weight excluding hydrogens is 146 g/mol. The molecule has 2 aliphatic rings. The molecule has 3 heteroatoms. The van der Waals surface area contributed by atoms with Gasteiger partial charge in [0, 0.05) is 12.5 Å². The van der Waals surface area contributed by atoms with Crippen molar-refractivity contribution in [2.45, 2.75) is 25.4 Å². The van der Waals surface area contributed by atoms with Crippen molar-refractivity contribution in [3.05, 3.63) is 0 Å². The SMILES string of the molecule is S=C1NC[C@H]2CCC[C@H]2O1. The molecule has 0 aromatic heterocycles. The second-order valence-electron chi connectivity index (χ2n) is 3.02. The zero-order valence-electron chi connectivity index (χ0n) is 5.80. The Balaban J connectivity index is 2.03. The molecule has 2 rings (SSSR count). The largest absolute Gasteiger partial charge is 0.467 e. The van der Waals surface area contributed by atoms with Crippen LogP contribution in [0.25, 0.3) is 0 Å². The third-order valence-corrected chi connectivity index (χ3v) is 2.60. The summed E-state index contributed by atoms with van der Waals surface area (Å²) >= 11 is 4.90. The Labute approximate surface area is 65.9 Å². The number of fused-ring (bicyclic) bond motifs is 1. The van der Waals surface area contributed by atoms with Crippen LogP contribution in [0.5, 0.6) is 0 Å². The van der Waals surface area contributed by atoms with Gasteiger partial charge in [-0.25, -0.2) is 0 Å². The van der Waals surface area contributed by atoms with Gasteiger partial charge in [0.25, 0.3) is 5.17 Å². The van der Waals surface area contributed by atoms with Gasteiger partial charge in [-0.1, -0.05) is 0 Å². The van der Waals surface area contributed by atoms with Crippen LogP contribution in [0.3, 0.4) is 0 Å². The highest BCUT2D eigenvalue weighted by Gasteiger charge is 2.32. The zero-order chi connectivity index (χ0) is 6.97. The molecule has 0 bridgehead atoms. The van der Waals surface area contributed by atoms with Crippen LogP contribution in [-0.2, 0) is 4.74 Å². The maximum absolute atomic E-state index is 5.43. The molecule has 1 N–H and O–H groups in total. The van der Waals surface area contributed by atoms with E-state index in [4.69, 9.17) is 17.0 Å². The Morgan fingerprint density at radius 1 is 1.50 bits per heavy atom.